The fourth-order valence-corrected chi connectivity index (χ4v) is 3.19. The molecule has 0 radical (unpaired) electrons. The summed E-state index contributed by atoms with van der Waals surface area (Å²) in [5, 5.41) is 0. The number of aryl methyl sites for hydroxylation is 1. The highest BCUT2D eigenvalue weighted by molar-refractivity contribution is 7.58. The van der Waals surface area contributed by atoms with Gasteiger partial charge in [-0.15, -0.1) is 0 Å². The van der Waals surface area contributed by atoms with E-state index in [0.29, 0.717) is 30.7 Å². The molecule has 0 saturated carbocycles. The monoisotopic (exact) mass is 326 g/mol. The summed E-state index contributed by atoms with van der Waals surface area (Å²) < 4.78 is 22.7. The second kappa shape index (κ2) is 8.50. The van der Waals surface area contributed by atoms with Gasteiger partial charge in [0.25, 0.3) is 0 Å². The summed E-state index contributed by atoms with van der Waals surface area (Å²) in [6.45, 7) is 9.89. The SMILES string of the molecule is CCOP(C)(=O)CCc1ccc(C(=O)OC(C)C(C)C)cc1. The molecule has 22 heavy (non-hydrogen) atoms. The molecule has 0 fully saturated rings. The zero-order valence-corrected chi connectivity index (χ0v) is 15.1. The topological polar surface area (TPSA) is 52.6 Å². The van der Waals surface area contributed by atoms with E-state index in [1.807, 2.05) is 39.8 Å². The van der Waals surface area contributed by atoms with E-state index in [2.05, 4.69) is 0 Å². The van der Waals surface area contributed by atoms with Gasteiger partial charge in [-0.3, -0.25) is 4.57 Å². The van der Waals surface area contributed by atoms with Crippen LogP contribution in [0.5, 0.6) is 0 Å². The van der Waals surface area contributed by atoms with Crippen LogP contribution in [0, 0.1) is 5.92 Å². The molecule has 0 heterocycles. The molecule has 1 aromatic carbocycles. The van der Waals surface area contributed by atoms with E-state index in [9.17, 15) is 9.36 Å². The first kappa shape index (κ1) is 18.9. The molecule has 1 rings (SSSR count). The molecule has 2 unspecified atom stereocenters. The van der Waals surface area contributed by atoms with Crippen LogP contribution in [0.25, 0.3) is 0 Å². The van der Waals surface area contributed by atoms with Crippen molar-refractivity contribution in [3.8, 4) is 0 Å². The second-order valence-corrected chi connectivity index (χ2v) is 8.69. The lowest BCUT2D eigenvalue weighted by Crippen LogP contribution is -2.20. The molecule has 0 aliphatic carbocycles. The van der Waals surface area contributed by atoms with Gasteiger partial charge in [0.05, 0.1) is 12.2 Å². The number of esters is 1. The van der Waals surface area contributed by atoms with Crippen molar-refractivity contribution in [3.63, 3.8) is 0 Å². The third kappa shape index (κ3) is 6.33. The van der Waals surface area contributed by atoms with Crippen LogP contribution in [0.15, 0.2) is 24.3 Å². The summed E-state index contributed by atoms with van der Waals surface area (Å²) in [4.78, 5) is 12.0. The smallest absolute Gasteiger partial charge is 0.338 e. The fourth-order valence-electron chi connectivity index (χ4n) is 1.85. The predicted molar refractivity (Wildman–Crippen MR) is 89.9 cm³/mol. The summed E-state index contributed by atoms with van der Waals surface area (Å²) in [5.74, 6) is -0.0104. The molecule has 0 aliphatic rings. The number of ether oxygens (including phenoxy) is 1. The van der Waals surface area contributed by atoms with Gasteiger partial charge in [-0.25, -0.2) is 4.79 Å². The summed E-state index contributed by atoms with van der Waals surface area (Å²) in [7, 11) is -2.51. The standard InChI is InChI=1S/C17H27O4P/c1-6-20-22(5,19)12-11-15-7-9-16(10-8-15)17(18)21-14(4)13(2)3/h7-10,13-14H,6,11-12H2,1-5H3. The molecule has 124 valence electrons. The summed E-state index contributed by atoms with van der Waals surface area (Å²) in [5.41, 5.74) is 1.58. The minimum atomic E-state index is -2.51. The van der Waals surface area contributed by atoms with Crippen LogP contribution in [0.1, 0.15) is 43.6 Å². The summed E-state index contributed by atoms with van der Waals surface area (Å²) in [6.07, 6.45) is 1.07. The molecule has 1 aromatic rings. The minimum absolute atomic E-state index is 0.107. The lowest BCUT2D eigenvalue weighted by atomic mass is 10.1. The molecule has 5 heteroatoms. The normalized spacial score (nSPS) is 15.4. The zero-order chi connectivity index (χ0) is 16.8. The van der Waals surface area contributed by atoms with Gasteiger partial charge in [-0.1, -0.05) is 26.0 Å². The van der Waals surface area contributed by atoms with Crippen LogP contribution in [-0.4, -0.2) is 31.5 Å². The lowest BCUT2D eigenvalue weighted by molar-refractivity contribution is 0.0238. The van der Waals surface area contributed by atoms with Crippen LogP contribution in [0.3, 0.4) is 0 Å². The first-order valence-electron chi connectivity index (χ1n) is 7.76. The molecule has 0 bridgehead atoms. The van der Waals surface area contributed by atoms with Crippen molar-refractivity contribution >= 4 is 13.3 Å². The predicted octanol–water partition coefficient (Wildman–Crippen LogP) is 4.37. The van der Waals surface area contributed by atoms with Crippen molar-refractivity contribution in [2.24, 2.45) is 5.92 Å². The van der Waals surface area contributed by atoms with Gasteiger partial charge in [-0.05, 0) is 43.9 Å². The average Bonchev–Trinajstić information content (AvgIpc) is 2.45. The molecule has 0 aliphatic heterocycles. The van der Waals surface area contributed by atoms with E-state index in [0.717, 1.165) is 5.56 Å². The Bertz CT molecular complexity index is 522. The molecule has 0 aromatic heterocycles. The highest BCUT2D eigenvalue weighted by atomic mass is 31.2. The quantitative estimate of drug-likeness (QED) is 0.525. The maximum absolute atomic E-state index is 12.1. The summed E-state index contributed by atoms with van der Waals surface area (Å²) >= 11 is 0. The number of carbonyl (C=O) groups is 1. The third-order valence-electron chi connectivity index (χ3n) is 3.63. The van der Waals surface area contributed by atoms with Gasteiger partial charge in [0.1, 0.15) is 6.10 Å². The van der Waals surface area contributed by atoms with Crippen molar-refractivity contribution in [2.75, 3.05) is 19.4 Å². The highest BCUT2D eigenvalue weighted by Crippen LogP contribution is 2.42. The average molecular weight is 326 g/mol. The van der Waals surface area contributed by atoms with Crippen LogP contribution in [-0.2, 0) is 20.2 Å². The second-order valence-electron chi connectivity index (χ2n) is 5.96. The van der Waals surface area contributed by atoms with Gasteiger partial charge in [0, 0.05) is 12.8 Å². The van der Waals surface area contributed by atoms with E-state index < -0.39 is 7.37 Å². The Morgan fingerprint density at radius 2 is 1.77 bits per heavy atom. The first-order valence-corrected chi connectivity index (χ1v) is 10.0. The van der Waals surface area contributed by atoms with Crippen molar-refractivity contribution in [2.45, 2.75) is 40.2 Å². The number of hydrogen-bond acceptors (Lipinski definition) is 4. The van der Waals surface area contributed by atoms with Gasteiger partial charge in [0.2, 0.25) is 7.37 Å². The van der Waals surface area contributed by atoms with Crippen LogP contribution >= 0.6 is 7.37 Å². The number of rotatable bonds is 8. The molecule has 4 nitrogen and oxygen atoms in total. The Morgan fingerprint density at radius 1 is 1.18 bits per heavy atom. The van der Waals surface area contributed by atoms with Crippen molar-refractivity contribution in [3.05, 3.63) is 35.4 Å². The maximum atomic E-state index is 12.1. The van der Waals surface area contributed by atoms with E-state index in [-0.39, 0.29) is 12.1 Å². The molecule has 0 saturated heterocycles. The lowest BCUT2D eigenvalue weighted by Gasteiger charge is -2.16. The molecular weight excluding hydrogens is 299 g/mol. The van der Waals surface area contributed by atoms with Crippen molar-refractivity contribution in [1.29, 1.82) is 0 Å². The fraction of sp³-hybridized carbons (Fsp3) is 0.588. The highest BCUT2D eigenvalue weighted by Gasteiger charge is 2.16. The number of hydrogen-bond donors (Lipinski definition) is 0. The van der Waals surface area contributed by atoms with Gasteiger partial charge in [0.15, 0.2) is 0 Å². The van der Waals surface area contributed by atoms with Gasteiger partial charge in [-0.2, -0.15) is 0 Å². The zero-order valence-electron chi connectivity index (χ0n) is 14.2. The Kier molecular flexibility index (Phi) is 7.31. The van der Waals surface area contributed by atoms with Crippen molar-refractivity contribution < 1.29 is 18.6 Å². The molecule has 0 spiro atoms. The summed E-state index contributed by atoms with van der Waals surface area (Å²) in [6, 6.07) is 7.27. The molecular formula is C17H27O4P. The third-order valence-corrected chi connectivity index (χ3v) is 5.47. The molecule has 0 amide bonds. The number of carbonyl (C=O) groups excluding carboxylic acids is 1. The van der Waals surface area contributed by atoms with Crippen molar-refractivity contribution in [1.82, 2.24) is 0 Å². The van der Waals surface area contributed by atoms with Crippen LogP contribution in [0.2, 0.25) is 0 Å². The van der Waals surface area contributed by atoms with Crippen LogP contribution in [0.4, 0.5) is 0 Å². The number of benzene rings is 1. The van der Waals surface area contributed by atoms with E-state index in [1.165, 1.54) is 0 Å². The minimum Gasteiger partial charge on any atom is -0.459 e. The van der Waals surface area contributed by atoms with E-state index >= 15 is 0 Å². The maximum Gasteiger partial charge on any atom is 0.338 e. The van der Waals surface area contributed by atoms with E-state index in [1.54, 1.807) is 18.8 Å². The van der Waals surface area contributed by atoms with Gasteiger partial charge >= 0.3 is 5.97 Å². The molecule has 2 atom stereocenters. The largest absolute Gasteiger partial charge is 0.459 e. The first-order chi connectivity index (χ1) is 10.2. The Hall–Kier alpha value is -1.12. The van der Waals surface area contributed by atoms with Crippen LogP contribution < -0.4 is 0 Å². The Labute approximate surface area is 133 Å². The Balaban J connectivity index is 2.59. The molecule has 0 N–H and O–H groups in total. The van der Waals surface area contributed by atoms with Gasteiger partial charge < -0.3 is 9.26 Å². The van der Waals surface area contributed by atoms with E-state index in [4.69, 9.17) is 9.26 Å². The Morgan fingerprint density at radius 3 is 2.27 bits per heavy atom.